The summed E-state index contributed by atoms with van der Waals surface area (Å²) in [6.45, 7) is 2.28. The summed E-state index contributed by atoms with van der Waals surface area (Å²) in [7, 11) is 0. The van der Waals surface area contributed by atoms with Crippen LogP contribution in [-0.4, -0.2) is 36.4 Å². The van der Waals surface area contributed by atoms with E-state index < -0.39 is 18.1 Å². The first-order chi connectivity index (χ1) is 21.4. The summed E-state index contributed by atoms with van der Waals surface area (Å²) in [4.78, 5) is 39.5. The average Bonchev–Trinajstić information content (AvgIpc) is 3.04. The van der Waals surface area contributed by atoms with Crippen LogP contribution >= 0.6 is 0 Å². The summed E-state index contributed by atoms with van der Waals surface area (Å²) in [5.74, 6) is -1.65. The number of carbonyl (C=O) groups is 2. The molecule has 228 valence electrons. The number of anilines is 2. The number of nitrogens with one attached hydrogen (secondary N) is 2. The molecular weight excluding hydrogens is 562 g/mol. The van der Waals surface area contributed by atoms with Gasteiger partial charge in [-0.2, -0.15) is 0 Å². The number of rotatable bonds is 11. The van der Waals surface area contributed by atoms with Gasteiger partial charge in [0.05, 0.1) is 23.0 Å². The molecule has 4 aromatic rings. The molecule has 0 aliphatic carbocycles. The topological polar surface area (TPSA) is 153 Å². The zero-order valence-electron chi connectivity index (χ0n) is 24.3. The maximum absolute atomic E-state index is 13.5. The molecule has 5 rings (SSSR count). The van der Waals surface area contributed by atoms with Gasteiger partial charge >= 0.3 is 0 Å². The Hall–Kier alpha value is -4.93. The number of aliphatic hydroxyl groups is 1. The van der Waals surface area contributed by atoms with E-state index in [1.807, 2.05) is 6.92 Å². The number of benzene rings is 3. The molecule has 0 saturated carbocycles. The van der Waals surface area contributed by atoms with E-state index in [1.165, 1.54) is 6.26 Å². The molecule has 10 nitrogen and oxygen atoms in total. The smallest absolute Gasteiger partial charge is 0.286 e. The fourth-order valence-electron chi connectivity index (χ4n) is 5.29. The number of ether oxygens (including phenoxy) is 2. The molecule has 2 amide bonds. The molecular formula is C34H35N3O7. The minimum absolute atomic E-state index is 0.0257. The molecule has 3 atom stereocenters. The second kappa shape index (κ2) is 14.0. The third-order valence-electron chi connectivity index (χ3n) is 7.58. The zero-order valence-corrected chi connectivity index (χ0v) is 24.3. The van der Waals surface area contributed by atoms with E-state index in [1.54, 1.807) is 78.9 Å². The van der Waals surface area contributed by atoms with Crippen molar-refractivity contribution in [1.29, 1.82) is 0 Å². The van der Waals surface area contributed by atoms with Crippen LogP contribution in [-0.2, 0) is 20.8 Å². The van der Waals surface area contributed by atoms with Crippen molar-refractivity contribution in [2.24, 2.45) is 5.92 Å². The summed E-state index contributed by atoms with van der Waals surface area (Å²) in [5.41, 5.74) is 8.77. The molecule has 0 bridgehead atoms. The van der Waals surface area contributed by atoms with Gasteiger partial charge in [0.2, 0.25) is 6.29 Å². The number of amides is 2. The van der Waals surface area contributed by atoms with E-state index >= 15 is 0 Å². The van der Waals surface area contributed by atoms with Crippen molar-refractivity contribution in [3.63, 3.8) is 0 Å². The lowest BCUT2D eigenvalue weighted by atomic mass is 9.81. The molecule has 2 heterocycles. The van der Waals surface area contributed by atoms with E-state index in [9.17, 15) is 19.5 Å². The quantitative estimate of drug-likeness (QED) is 0.182. The van der Waals surface area contributed by atoms with Crippen LogP contribution in [0.1, 0.15) is 47.2 Å². The first-order valence-electron chi connectivity index (χ1n) is 14.5. The molecule has 3 aromatic carbocycles. The third kappa shape index (κ3) is 6.82. The Morgan fingerprint density at radius 3 is 2.50 bits per heavy atom. The molecule has 0 saturated heterocycles. The van der Waals surface area contributed by atoms with Crippen LogP contribution in [0.5, 0.6) is 0 Å². The number of fused-ring (bicyclic) bond motifs is 1. The Labute approximate surface area is 254 Å². The van der Waals surface area contributed by atoms with Crippen molar-refractivity contribution in [2.75, 3.05) is 24.3 Å². The van der Waals surface area contributed by atoms with Crippen LogP contribution in [0, 0.1) is 5.92 Å². The fourth-order valence-corrected chi connectivity index (χ4v) is 5.29. The Bertz CT molecular complexity index is 1710. The highest BCUT2D eigenvalue weighted by atomic mass is 16.7. The zero-order chi connectivity index (χ0) is 31.1. The maximum atomic E-state index is 13.5. The van der Waals surface area contributed by atoms with Crippen LogP contribution in [0.4, 0.5) is 11.4 Å². The molecule has 5 N–H and O–H groups in total. The Kier molecular flexibility index (Phi) is 9.73. The monoisotopic (exact) mass is 597 g/mol. The lowest BCUT2D eigenvalue weighted by molar-refractivity contribution is -0.166. The number of allylic oxidation sites excluding steroid dienone is 1. The van der Waals surface area contributed by atoms with E-state index in [0.29, 0.717) is 52.9 Å². The minimum Gasteiger partial charge on any atom is -0.464 e. The molecule has 1 aromatic heterocycles. The Balaban J connectivity index is 1.34. The molecule has 0 spiro atoms. The second-order valence-corrected chi connectivity index (χ2v) is 10.5. The number of para-hydroxylation sites is 3. The van der Waals surface area contributed by atoms with Gasteiger partial charge < -0.3 is 35.4 Å². The first kappa shape index (κ1) is 30.5. The standard InChI is InChI=1S/C34H35N3O7/c1-2-42-34-23(9-7-17-38)25(26-20-43-29-12-6-3-8-24(29)31(26)39)18-30(44-34)33(41)36-19-21-13-15-22(16-14-21)32(40)37-28-11-5-4-10-27(28)35/h3-6,8,10-16,18,20,23,25,34,38H,2,7,9,17,19,35H2,1H3,(H,36,41)(H,37,40). The van der Waals surface area contributed by atoms with Gasteiger partial charge in [-0.3, -0.25) is 14.4 Å². The summed E-state index contributed by atoms with van der Waals surface area (Å²) in [6, 6.07) is 20.8. The maximum Gasteiger partial charge on any atom is 0.286 e. The van der Waals surface area contributed by atoms with Crippen LogP contribution in [0.2, 0.25) is 0 Å². The van der Waals surface area contributed by atoms with E-state index in [2.05, 4.69) is 10.6 Å². The molecule has 1 aliphatic rings. The van der Waals surface area contributed by atoms with Crippen molar-refractivity contribution >= 4 is 34.2 Å². The molecule has 44 heavy (non-hydrogen) atoms. The highest BCUT2D eigenvalue weighted by molar-refractivity contribution is 6.05. The van der Waals surface area contributed by atoms with Gasteiger partial charge in [0.1, 0.15) is 5.58 Å². The number of aliphatic hydroxyl groups excluding tert-OH is 1. The summed E-state index contributed by atoms with van der Waals surface area (Å²) >= 11 is 0. The summed E-state index contributed by atoms with van der Waals surface area (Å²) in [5, 5.41) is 15.6. The lowest BCUT2D eigenvalue weighted by Crippen LogP contribution is -2.40. The van der Waals surface area contributed by atoms with Crippen molar-refractivity contribution < 1.29 is 28.6 Å². The van der Waals surface area contributed by atoms with Gasteiger partial charge in [-0.05, 0) is 67.8 Å². The van der Waals surface area contributed by atoms with Crippen molar-refractivity contribution in [3.05, 3.63) is 118 Å². The fraction of sp³-hybridized carbons (Fsp3) is 0.265. The summed E-state index contributed by atoms with van der Waals surface area (Å²) in [6.07, 6.45) is 3.22. The lowest BCUT2D eigenvalue weighted by Gasteiger charge is -2.36. The third-order valence-corrected chi connectivity index (χ3v) is 7.58. The van der Waals surface area contributed by atoms with Crippen LogP contribution in [0.25, 0.3) is 11.0 Å². The Morgan fingerprint density at radius 2 is 1.75 bits per heavy atom. The largest absolute Gasteiger partial charge is 0.464 e. The van der Waals surface area contributed by atoms with Crippen LogP contribution in [0.15, 0.2) is 100 Å². The van der Waals surface area contributed by atoms with Crippen molar-refractivity contribution in [3.8, 4) is 0 Å². The number of hydrogen-bond donors (Lipinski definition) is 4. The number of nitrogen functional groups attached to an aromatic ring is 1. The van der Waals surface area contributed by atoms with Gasteiger partial charge in [0.25, 0.3) is 11.8 Å². The molecule has 10 heteroatoms. The molecule has 3 unspecified atom stereocenters. The van der Waals surface area contributed by atoms with Gasteiger partial charge in [0.15, 0.2) is 11.2 Å². The van der Waals surface area contributed by atoms with E-state index in [-0.39, 0.29) is 36.2 Å². The van der Waals surface area contributed by atoms with Gasteiger partial charge in [-0.25, -0.2) is 0 Å². The second-order valence-electron chi connectivity index (χ2n) is 10.5. The minimum atomic E-state index is -0.815. The van der Waals surface area contributed by atoms with E-state index in [0.717, 1.165) is 5.56 Å². The van der Waals surface area contributed by atoms with Crippen molar-refractivity contribution in [2.45, 2.75) is 38.5 Å². The SMILES string of the molecule is CCOC1OC(C(=O)NCc2ccc(C(=O)Nc3ccccc3N)cc2)=CC(c2coc3ccccc3c2=O)C1CCCO. The molecule has 0 fully saturated rings. The van der Waals surface area contributed by atoms with Crippen molar-refractivity contribution in [1.82, 2.24) is 5.32 Å². The highest BCUT2D eigenvalue weighted by Gasteiger charge is 2.39. The normalized spacial score (nSPS) is 17.9. The number of carbonyl (C=O) groups excluding carboxylic acids is 2. The molecule has 0 radical (unpaired) electrons. The summed E-state index contributed by atoms with van der Waals surface area (Å²) < 4.78 is 17.7. The van der Waals surface area contributed by atoms with Crippen LogP contribution < -0.4 is 21.8 Å². The Morgan fingerprint density at radius 1 is 1.00 bits per heavy atom. The average molecular weight is 598 g/mol. The van der Waals surface area contributed by atoms with Gasteiger partial charge in [-0.1, -0.05) is 36.4 Å². The highest BCUT2D eigenvalue weighted by Crippen LogP contribution is 2.39. The van der Waals surface area contributed by atoms with Gasteiger partial charge in [-0.15, -0.1) is 0 Å². The predicted molar refractivity (Wildman–Crippen MR) is 167 cm³/mol. The number of hydrogen-bond acceptors (Lipinski definition) is 8. The number of nitrogens with two attached hydrogens (primary N) is 1. The van der Waals surface area contributed by atoms with Gasteiger partial charge in [0, 0.05) is 42.7 Å². The van der Waals surface area contributed by atoms with Crippen LogP contribution in [0.3, 0.4) is 0 Å². The first-order valence-corrected chi connectivity index (χ1v) is 14.5. The predicted octanol–water partition coefficient (Wildman–Crippen LogP) is 4.69. The molecule has 1 aliphatic heterocycles. The van der Waals surface area contributed by atoms with E-state index in [4.69, 9.17) is 19.6 Å².